The lowest BCUT2D eigenvalue weighted by atomic mass is 9.97. The molecule has 0 saturated heterocycles. The Balaban J connectivity index is 0.929. The Morgan fingerprint density at radius 2 is 0.855 bits per heavy atom. The van der Waals surface area contributed by atoms with Gasteiger partial charge in [0.1, 0.15) is 5.75 Å². The van der Waals surface area contributed by atoms with Crippen molar-refractivity contribution in [1.29, 1.82) is 0 Å². The van der Waals surface area contributed by atoms with E-state index in [1.165, 1.54) is 21.9 Å². The highest BCUT2D eigenvalue weighted by atomic mass is 16.5. The molecule has 3 N–H and O–H groups in total. The number of fused-ring (bicyclic) bond motifs is 3. The van der Waals surface area contributed by atoms with Crippen molar-refractivity contribution >= 4 is 45.2 Å². The number of hydrogen-bond acceptors (Lipinski definition) is 11. The van der Waals surface area contributed by atoms with Crippen LogP contribution in [0.15, 0.2) is 164 Å². The van der Waals surface area contributed by atoms with Gasteiger partial charge in [-0.15, -0.1) is 0 Å². The zero-order valence-electron chi connectivity index (χ0n) is 37.7. The number of rotatable bonds is 21. The summed E-state index contributed by atoms with van der Waals surface area (Å²) in [7, 11) is 0. The summed E-state index contributed by atoms with van der Waals surface area (Å²) in [6.45, 7) is 1.41. The van der Waals surface area contributed by atoms with E-state index in [4.69, 9.17) is 9.47 Å². The van der Waals surface area contributed by atoms with Crippen molar-refractivity contribution in [3.63, 3.8) is 0 Å². The van der Waals surface area contributed by atoms with Crippen LogP contribution in [-0.2, 0) is 35.7 Å². The highest BCUT2D eigenvalue weighted by Crippen LogP contribution is 2.31. The summed E-state index contributed by atoms with van der Waals surface area (Å²) in [6.07, 6.45) is 6.46. The summed E-state index contributed by atoms with van der Waals surface area (Å²) in [5.41, 5.74) is 2.34. The first-order valence-corrected chi connectivity index (χ1v) is 22.5. The van der Waals surface area contributed by atoms with E-state index in [-0.39, 0.29) is 81.7 Å². The fourth-order valence-electron chi connectivity index (χ4n) is 7.81. The van der Waals surface area contributed by atoms with Gasteiger partial charge >= 0.3 is 0 Å². The van der Waals surface area contributed by atoms with Crippen LogP contribution in [0.25, 0.3) is 21.5 Å². The predicted molar refractivity (Wildman–Crippen MR) is 260 cm³/mol. The average molecular weight is 923 g/mol. The minimum Gasteiger partial charge on any atom is -0.506 e. The van der Waals surface area contributed by atoms with Crippen molar-refractivity contribution in [2.24, 2.45) is 0 Å². The Labute approximate surface area is 398 Å². The second-order valence-electron chi connectivity index (χ2n) is 16.0. The van der Waals surface area contributed by atoms with E-state index in [0.717, 1.165) is 21.5 Å². The maximum absolute atomic E-state index is 14.7. The van der Waals surface area contributed by atoms with Gasteiger partial charge in [-0.25, -0.2) is 0 Å². The molecule has 4 aromatic carbocycles. The fourth-order valence-corrected chi connectivity index (χ4v) is 7.81. The molecule has 0 fully saturated rings. The van der Waals surface area contributed by atoms with Crippen molar-refractivity contribution < 1.29 is 33.8 Å². The molecule has 0 radical (unpaired) electrons. The van der Waals surface area contributed by atoms with Gasteiger partial charge < -0.3 is 35.0 Å². The first-order valence-electron chi connectivity index (χ1n) is 22.5. The van der Waals surface area contributed by atoms with Crippen molar-refractivity contribution in [2.45, 2.75) is 26.2 Å². The number of phenols is 1. The van der Waals surface area contributed by atoms with Crippen LogP contribution >= 0.6 is 0 Å². The fraction of sp³-hybridized carbons (Fsp3) is 0.185. The van der Waals surface area contributed by atoms with Crippen LogP contribution in [-0.4, -0.2) is 98.0 Å². The molecule has 4 aromatic heterocycles. The van der Waals surface area contributed by atoms with Gasteiger partial charge in [-0.2, -0.15) is 0 Å². The summed E-state index contributed by atoms with van der Waals surface area (Å²) >= 11 is 0. The van der Waals surface area contributed by atoms with E-state index in [1.54, 1.807) is 97.6 Å². The SMILES string of the molecule is O=C(NCCOCCOCCNC(=O)c1cc2ccccc2c2ccccc12)c1cc(C(=O)N(Cc2ccccn2)Cc2ccccn2)c(O)c(C(=O)N(Cc2ccccn2)Cc2ccccn2)c1. The maximum Gasteiger partial charge on any atom is 0.258 e. The van der Waals surface area contributed by atoms with Crippen molar-refractivity contribution in [1.82, 2.24) is 40.4 Å². The van der Waals surface area contributed by atoms with Crippen LogP contribution in [0.5, 0.6) is 5.75 Å². The molecule has 0 saturated carbocycles. The molecule has 0 atom stereocenters. The largest absolute Gasteiger partial charge is 0.506 e. The number of phenolic OH excluding ortho intramolecular Hbond substituents is 1. The minimum atomic E-state index is -0.654. The predicted octanol–water partition coefficient (Wildman–Crippen LogP) is 7.16. The Kier molecular flexibility index (Phi) is 15.9. The zero-order valence-corrected chi connectivity index (χ0v) is 37.7. The number of ether oxygens (including phenoxy) is 2. The number of hydrogen-bond donors (Lipinski definition) is 3. The van der Waals surface area contributed by atoms with Crippen LogP contribution in [0, 0.1) is 0 Å². The van der Waals surface area contributed by atoms with Gasteiger partial charge in [-0.3, -0.25) is 39.1 Å². The van der Waals surface area contributed by atoms with Crippen LogP contribution in [0.1, 0.15) is 64.2 Å². The van der Waals surface area contributed by atoms with Gasteiger partial charge in [0, 0.05) is 49.0 Å². The van der Waals surface area contributed by atoms with Crippen molar-refractivity contribution in [3.8, 4) is 5.75 Å². The highest BCUT2D eigenvalue weighted by Gasteiger charge is 2.29. The molecule has 69 heavy (non-hydrogen) atoms. The van der Waals surface area contributed by atoms with E-state index in [2.05, 4.69) is 36.6 Å². The molecule has 0 aliphatic carbocycles. The molecular formula is C54H50N8O7. The third kappa shape index (κ3) is 12.3. The van der Waals surface area contributed by atoms with Crippen LogP contribution in [0.3, 0.4) is 0 Å². The van der Waals surface area contributed by atoms with Gasteiger partial charge in [-0.05, 0) is 88.3 Å². The first kappa shape index (κ1) is 47.1. The highest BCUT2D eigenvalue weighted by molar-refractivity contribution is 6.17. The number of amides is 4. The number of carbonyl (C=O) groups is 4. The van der Waals surface area contributed by atoms with Crippen molar-refractivity contribution in [3.05, 3.63) is 209 Å². The monoisotopic (exact) mass is 922 g/mol. The lowest BCUT2D eigenvalue weighted by Gasteiger charge is -2.25. The van der Waals surface area contributed by atoms with Gasteiger partial charge in [0.05, 0.1) is 86.5 Å². The Hall–Kier alpha value is -8.40. The number of nitrogens with zero attached hydrogens (tertiary/aromatic N) is 6. The van der Waals surface area contributed by atoms with Gasteiger partial charge in [0.15, 0.2) is 0 Å². The third-order valence-corrected chi connectivity index (χ3v) is 11.2. The topological polar surface area (TPSA) is 189 Å². The Bertz CT molecular complexity index is 2820. The molecular weight excluding hydrogens is 873 g/mol. The maximum atomic E-state index is 14.7. The molecule has 0 unspecified atom stereocenters. The molecule has 4 heterocycles. The average Bonchev–Trinajstić information content (AvgIpc) is 3.39. The standard InChI is InChI=1S/C54H50N8O7/c63-50-48(53(66)61(34-40-14-5-9-21-55-40)35-41-15-6-10-22-56-41)32-39(33-49(50)54(67)62(36-42-16-7-11-23-57-42)37-43-17-8-12-24-58-43)51(64)59-25-27-68-29-30-69-28-26-60-52(65)47-31-38-13-1-2-18-44(38)45-19-3-4-20-46(45)47/h1-24,31-33,63H,25-30,34-37H2,(H,59,64)(H,60,65). The summed E-state index contributed by atoms with van der Waals surface area (Å²) < 4.78 is 11.4. The van der Waals surface area contributed by atoms with Gasteiger partial charge in [-0.1, -0.05) is 72.8 Å². The quantitative estimate of drug-likeness (QED) is 0.0490. The number of aromatic hydroxyl groups is 1. The summed E-state index contributed by atoms with van der Waals surface area (Å²) in [5, 5.41) is 21.7. The lowest BCUT2D eigenvalue weighted by Crippen LogP contribution is -2.34. The molecule has 348 valence electrons. The lowest BCUT2D eigenvalue weighted by molar-refractivity contribution is 0.0486. The van der Waals surface area contributed by atoms with Crippen molar-refractivity contribution in [2.75, 3.05) is 39.5 Å². The van der Waals surface area contributed by atoms with Gasteiger partial charge in [0.25, 0.3) is 23.6 Å². The summed E-state index contributed by atoms with van der Waals surface area (Å²) in [6, 6.07) is 41.7. The molecule has 8 aromatic rings. The van der Waals surface area contributed by atoms with E-state index < -0.39 is 23.5 Å². The zero-order chi connectivity index (χ0) is 47.8. The molecule has 8 rings (SSSR count). The second kappa shape index (κ2) is 23.4. The molecule has 15 nitrogen and oxygen atoms in total. The van der Waals surface area contributed by atoms with Crippen LogP contribution in [0.2, 0.25) is 0 Å². The third-order valence-electron chi connectivity index (χ3n) is 11.2. The number of pyridine rings is 4. The van der Waals surface area contributed by atoms with Crippen LogP contribution < -0.4 is 10.6 Å². The van der Waals surface area contributed by atoms with E-state index in [1.807, 2.05) is 48.5 Å². The summed E-state index contributed by atoms with van der Waals surface area (Å²) in [4.78, 5) is 77.0. The molecule has 0 bridgehead atoms. The second-order valence-corrected chi connectivity index (χ2v) is 16.0. The summed E-state index contributed by atoms with van der Waals surface area (Å²) in [5.74, 6) is -2.69. The smallest absolute Gasteiger partial charge is 0.258 e. The molecule has 0 aliphatic rings. The molecule has 0 spiro atoms. The number of benzene rings is 4. The van der Waals surface area contributed by atoms with E-state index in [9.17, 15) is 24.3 Å². The minimum absolute atomic E-state index is 0.0344. The van der Waals surface area contributed by atoms with Gasteiger partial charge in [0.2, 0.25) is 0 Å². The Morgan fingerprint density at radius 1 is 0.449 bits per heavy atom. The number of aromatic nitrogens is 4. The number of nitrogens with one attached hydrogen (secondary N) is 2. The van der Waals surface area contributed by atoms with Crippen LogP contribution in [0.4, 0.5) is 0 Å². The Morgan fingerprint density at radius 3 is 1.30 bits per heavy atom. The van der Waals surface area contributed by atoms with E-state index >= 15 is 0 Å². The number of carbonyl (C=O) groups excluding carboxylic acids is 4. The molecule has 4 amide bonds. The molecule has 15 heteroatoms. The normalized spacial score (nSPS) is 11.0. The first-order chi connectivity index (χ1) is 33.8. The molecule has 0 aliphatic heterocycles. The van der Waals surface area contributed by atoms with E-state index in [0.29, 0.717) is 34.9 Å².